The van der Waals surface area contributed by atoms with Gasteiger partial charge in [-0.25, -0.2) is 0 Å². The molecule has 1 rings (SSSR count). The van der Waals surface area contributed by atoms with E-state index in [0.29, 0.717) is 0 Å². The molecule has 0 heterocycles. The maximum absolute atomic E-state index is 13.0. The number of ether oxygens (including phenoxy) is 1. The molecule has 0 aliphatic rings. The number of carbonyl (C=O) groups is 1. The van der Waals surface area contributed by atoms with Crippen LogP contribution in [0.25, 0.3) is 0 Å². The third kappa shape index (κ3) is 3.73. The zero-order valence-electron chi connectivity index (χ0n) is 9.68. The van der Waals surface area contributed by atoms with Crippen LogP contribution in [-0.2, 0) is 17.4 Å². The van der Waals surface area contributed by atoms with Gasteiger partial charge < -0.3 is 4.74 Å². The van der Waals surface area contributed by atoms with Crippen LogP contribution in [0.3, 0.4) is 0 Å². The van der Waals surface area contributed by atoms with Gasteiger partial charge >= 0.3 is 6.18 Å². The maximum Gasteiger partial charge on any atom is 0.420 e. The molecule has 6 heteroatoms. The molecule has 100 valence electrons. The van der Waals surface area contributed by atoms with E-state index in [1.807, 2.05) is 0 Å². The van der Waals surface area contributed by atoms with Crippen LogP contribution in [0.15, 0.2) is 18.2 Å². The van der Waals surface area contributed by atoms with Crippen molar-refractivity contribution in [3.8, 4) is 5.75 Å². The third-order valence-corrected chi connectivity index (χ3v) is 2.86. The van der Waals surface area contributed by atoms with Crippen LogP contribution >= 0.6 is 15.9 Å². The molecule has 0 saturated carbocycles. The average Bonchev–Trinajstić information content (AvgIpc) is 2.28. The van der Waals surface area contributed by atoms with Gasteiger partial charge in [0.25, 0.3) is 0 Å². The summed E-state index contributed by atoms with van der Waals surface area (Å²) in [5.74, 6) is -0.543. The average molecular weight is 325 g/mol. The number of hydrogen-bond donors (Lipinski definition) is 0. The van der Waals surface area contributed by atoms with E-state index in [1.54, 1.807) is 6.92 Å². The van der Waals surface area contributed by atoms with Gasteiger partial charge in [0.1, 0.15) is 17.1 Å². The van der Waals surface area contributed by atoms with Gasteiger partial charge in [-0.15, -0.1) is 0 Å². The van der Waals surface area contributed by atoms with E-state index in [2.05, 4.69) is 15.9 Å². The quantitative estimate of drug-likeness (QED) is 0.773. The Bertz CT molecular complexity index is 430. The standard InChI is InChI=1S/C12H12BrF3O2/c1-2-18-10-5-3-4-8(6-9(17)7-13)11(10)12(14,15)16/h3-5H,2,6-7H2,1H3. The first kappa shape index (κ1) is 15.0. The molecular weight excluding hydrogens is 313 g/mol. The number of alkyl halides is 4. The topological polar surface area (TPSA) is 26.3 Å². The predicted molar refractivity (Wildman–Crippen MR) is 65.1 cm³/mol. The van der Waals surface area contributed by atoms with Crippen LogP contribution < -0.4 is 4.74 Å². The molecule has 18 heavy (non-hydrogen) atoms. The van der Waals surface area contributed by atoms with Crippen molar-refractivity contribution in [3.63, 3.8) is 0 Å². The Morgan fingerprint density at radius 1 is 1.39 bits per heavy atom. The molecule has 0 unspecified atom stereocenters. The first-order chi connectivity index (χ1) is 8.40. The van der Waals surface area contributed by atoms with Crippen molar-refractivity contribution in [2.24, 2.45) is 0 Å². The minimum absolute atomic E-state index is 0.0309. The molecule has 0 saturated heterocycles. The lowest BCUT2D eigenvalue weighted by Gasteiger charge is -2.16. The highest BCUT2D eigenvalue weighted by atomic mass is 79.9. The van der Waals surface area contributed by atoms with Crippen LogP contribution in [0, 0.1) is 0 Å². The van der Waals surface area contributed by atoms with E-state index in [0.717, 1.165) is 0 Å². The largest absolute Gasteiger partial charge is 0.493 e. The fraction of sp³-hybridized carbons (Fsp3) is 0.417. The van der Waals surface area contributed by atoms with Crippen molar-refractivity contribution in [3.05, 3.63) is 29.3 Å². The van der Waals surface area contributed by atoms with Gasteiger partial charge in [0.2, 0.25) is 0 Å². The number of ketones is 1. The zero-order valence-corrected chi connectivity index (χ0v) is 11.3. The highest BCUT2D eigenvalue weighted by Gasteiger charge is 2.37. The predicted octanol–water partition coefficient (Wildman–Crippen LogP) is 3.61. The summed E-state index contributed by atoms with van der Waals surface area (Å²) in [7, 11) is 0. The molecule has 0 spiro atoms. The van der Waals surface area contributed by atoms with Crippen molar-refractivity contribution in [1.29, 1.82) is 0 Å². The summed E-state index contributed by atoms with van der Waals surface area (Å²) in [6.07, 6.45) is -4.80. The number of Topliss-reactive ketones (excluding diaryl/α,β-unsaturated/α-hetero) is 1. The van der Waals surface area contributed by atoms with Crippen LogP contribution in [0.4, 0.5) is 13.2 Å². The molecule has 1 aromatic rings. The van der Waals surface area contributed by atoms with E-state index in [1.165, 1.54) is 18.2 Å². The van der Waals surface area contributed by atoms with Crippen molar-refractivity contribution < 1.29 is 22.7 Å². The monoisotopic (exact) mass is 324 g/mol. The molecule has 0 aliphatic heterocycles. The van der Waals surface area contributed by atoms with Crippen molar-refractivity contribution >= 4 is 21.7 Å². The number of rotatable bonds is 5. The third-order valence-electron chi connectivity index (χ3n) is 2.23. The first-order valence-corrected chi connectivity index (χ1v) is 6.41. The normalized spacial score (nSPS) is 11.4. The van der Waals surface area contributed by atoms with Crippen LogP contribution in [-0.4, -0.2) is 17.7 Å². The van der Waals surface area contributed by atoms with Crippen LogP contribution in [0.1, 0.15) is 18.1 Å². The summed E-state index contributed by atoms with van der Waals surface area (Å²) >= 11 is 2.93. The Kier molecular flexibility index (Phi) is 5.19. The van der Waals surface area contributed by atoms with Gasteiger partial charge in [0.15, 0.2) is 0 Å². The Morgan fingerprint density at radius 3 is 2.56 bits per heavy atom. The first-order valence-electron chi connectivity index (χ1n) is 5.29. The molecule has 0 bridgehead atoms. The van der Waals surface area contributed by atoms with Crippen molar-refractivity contribution in [1.82, 2.24) is 0 Å². The zero-order chi connectivity index (χ0) is 13.8. The lowest BCUT2D eigenvalue weighted by Crippen LogP contribution is -2.15. The highest BCUT2D eigenvalue weighted by Crippen LogP contribution is 2.39. The molecule has 2 nitrogen and oxygen atoms in total. The Hall–Kier alpha value is -1.04. The van der Waals surface area contributed by atoms with E-state index < -0.39 is 11.7 Å². The number of hydrogen-bond acceptors (Lipinski definition) is 2. The minimum atomic E-state index is -4.53. The van der Waals surface area contributed by atoms with Gasteiger partial charge in [-0.05, 0) is 18.6 Å². The second-order valence-corrected chi connectivity index (χ2v) is 4.13. The van der Waals surface area contributed by atoms with E-state index in [4.69, 9.17) is 4.74 Å². The fourth-order valence-electron chi connectivity index (χ4n) is 1.58. The highest BCUT2D eigenvalue weighted by molar-refractivity contribution is 9.09. The fourth-order valence-corrected chi connectivity index (χ4v) is 1.78. The van der Waals surface area contributed by atoms with Crippen LogP contribution in [0.5, 0.6) is 5.75 Å². The summed E-state index contributed by atoms with van der Waals surface area (Å²) in [5, 5.41) is 0.0309. The summed E-state index contributed by atoms with van der Waals surface area (Å²) in [6, 6.07) is 4.01. The molecule has 0 fully saturated rings. The minimum Gasteiger partial charge on any atom is -0.493 e. The van der Waals surface area contributed by atoms with Crippen molar-refractivity contribution in [2.45, 2.75) is 19.5 Å². The van der Waals surface area contributed by atoms with E-state index in [-0.39, 0.29) is 35.5 Å². The molecule has 0 atom stereocenters. The van der Waals surface area contributed by atoms with Crippen LogP contribution in [0.2, 0.25) is 0 Å². The van der Waals surface area contributed by atoms with E-state index in [9.17, 15) is 18.0 Å². The summed E-state index contributed by atoms with van der Waals surface area (Å²) in [6.45, 7) is 1.75. The second-order valence-electron chi connectivity index (χ2n) is 3.57. The van der Waals surface area contributed by atoms with Gasteiger partial charge in [-0.3, -0.25) is 4.79 Å². The summed E-state index contributed by atoms with van der Waals surface area (Å²) in [4.78, 5) is 11.3. The smallest absolute Gasteiger partial charge is 0.420 e. The van der Waals surface area contributed by atoms with Gasteiger partial charge in [-0.1, -0.05) is 28.1 Å². The molecule has 0 radical (unpaired) electrons. The van der Waals surface area contributed by atoms with Gasteiger partial charge in [0.05, 0.1) is 11.9 Å². The van der Waals surface area contributed by atoms with Crippen molar-refractivity contribution in [2.75, 3.05) is 11.9 Å². The van der Waals surface area contributed by atoms with Gasteiger partial charge in [0, 0.05) is 6.42 Å². The molecule has 0 aliphatic carbocycles. The molecule has 1 aromatic carbocycles. The Labute approximate surface area is 111 Å². The lowest BCUT2D eigenvalue weighted by molar-refractivity contribution is -0.139. The van der Waals surface area contributed by atoms with E-state index >= 15 is 0 Å². The Balaban J connectivity index is 3.24. The lowest BCUT2D eigenvalue weighted by atomic mass is 10.0. The molecular formula is C12H12BrF3O2. The molecule has 0 N–H and O–H groups in total. The number of carbonyl (C=O) groups excluding carboxylic acids is 1. The molecule has 0 amide bonds. The SMILES string of the molecule is CCOc1cccc(CC(=O)CBr)c1C(F)(F)F. The number of halogens is 4. The summed E-state index contributed by atoms with van der Waals surface area (Å²) < 4.78 is 43.9. The Morgan fingerprint density at radius 2 is 2.06 bits per heavy atom. The number of benzene rings is 1. The summed E-state index contributed by atoms with van der Waals surface area (Å²) in [5.41, 5.74) is -0.918. The van der Waals surface area contributed by atoms with Gasteiger partial charge in [-0.2, -0.15) is 13.2 Å². The second kappa shape index (κ2) is 6.22. The maximum atomic E-state index is 13.0. The molecule has 0 aromatic heterocycles.